The highest BCUT2D eigenvalue weighted by Crippen LogP contribution is 2.76. The molecule has 1 aromatic rings. The number of carbonyl (C=O) groups excluding carboxylic acids is 3. The summed E-state index contributed by atoms with van der Waals surface area (Å²) >= 11 is 0. The average Bonchev–Trinajstić information content (AvgIpc) is 3.31. The van der Waals surface area contributed by atoms with E-state index in [9.17, 15) is 29.1 Å². The number of fused-ring (bicyclic) bond motifs is 7. The summed E-state index contributed by atoms with van der Waals surface area (Å²) in [6, 6.07) is 0. The number of hydrogen-bond acceptors (Lipinski definition) is 9. The van der Waals surface area contributed by atoms with Crippen molar-refractivity contribution in [3.8, 4) is 0 Å². The van der Waals surface area contributed by atoms with Gasteiger partial charge in [0.05, 0.1) is 5.41 Å². The first kappa shape index (κ1) is 34.7. The number of ether oxygens (including phenoxy) is 2. The van der Waals surface area contributed by atoms with E-state index in [4.69, 9.17) is 18.3 Å². The highest BCUT2D eigenvalue weighted by atomic mass is 16.6. The SMILES string of the molecule is CC(=O)O[C@]1(C)CC[C@@]2(C)[C@@H](CC[C@]3(C)[C@@H]2C(=O)C=C2[C@@H]4C[C@@](C)(C(=O)O)CC[C@]4(C)CC[C@]23C)[C@]1(C)C(=O)OCc1oc(=O)oc1C. The van der Waals surface area contributed by atoms with Crippen LogP contribution in [-0.4, -0.2) is 34.4 Å². The van der Waals surface area contributed by atoms with Crippen LogP contribution >= 0.6 is 0 Å². The molecule has 10 heteroatoms. The lowest BCUT2D eigenvalue weighted by Crippen LogP contribution is -2.70. The largest absolute Gasteiger partial charge is 0.519 e. The van der Waals surface area contributed by atoms with Crippen LogP contribution in [0.25, 0.3) is 0 Å². The fraction of sp³-hybridized carbons (Fsp3) is 0.763. The maximum Gasteiger partial charge on any atom is 0.519 e. The van der Waals surface area contributed by atoms with E-state index in [1.807, 2.05) is 13.0 Å². The number of carboxylic acids is 1. The lowest BCUT2D eigenvalue weighted by atomic mass is 9.32. The van der Waals surface area contributed by atoms with E-state index in [0.717, 1.165) is 24.8 Å². The Bertz CT molecular complexity index is 1670. The van der Waals surface area contributed by atoms with Crippen molar-refractivity contribution in [2.45, 2.75) is 132 Å². The topological polar surface area (TPSA) is 150 Å². The Morgan fingerprint density at radius 2 is 1.58 bits per heavy atom. The van der Waals surface area contributed by atoms with E-state index in [1.54, 1.807) is 20.8 Å². The van der Waals surface area contributed by atoms with Crippen LogP contribution in [0.2, 0.25) is 0 Å². The summed E-state index contributed by atoms with van der Waals surface area (Å²) in [5, 5.41) is 10.2. The van der Waals surface area contributed by atoms with Gasteiger partial charge in [0.1, 0.15) is 11.0 Å². The molecule has 4 fully saturated rings. The van der Waals surface area contributed by atoms with Crippen LogP contribution in [0, 0.1) is 57.2 Å². The van der Waals surface area contributed by atoms with E-state index in [1.165, 1.54) is 6.92 Å². The van der Waals surface area contributed by atoms with Crippen LogP contribution in [0.1, 0.15) is 125 Å². The maximum atomic E-state index is 14.8. The van der Waals surface area contributed by atoms with Crippen molar-refractivity contribution in [3.63, 3.8) is 0 Å². The molecule has 1 N–H and O–H groups in total. The zero-order valence-corrected chi connectivity index (χ0v) is 30.0. The van der Waals surface area contributed by atoms with Crippen LogP contribution < -0.4 is 5.82 Å². The van der Waals surface area contributed by atoms with E-state index in [-0.39, 0.29) is 46.6 Å². The molecular weight excluding hydrogens is 616 g/mol. The third-order valence-electron chi connectivity index (χ3n) is 15.3. The summed E-state index contributed by atoms with van der Waals surface area (Å²) in [5.74, 6) is -3.13. The molecule has 0 aromatic carbocycles. The molecule has 6 rings (SSSR count). The zero-order chi connectivity index (χ0) is 35.5. The highest BCUT2D eigenvalue weighted by molar-refractivity contribution is 5.96. The lowest BCUT2D eigenvalue weighted by molar-refractivity contribution is -0.246. The van der Waals surface area contributed by atoms with Gasteiger partial charge in [-0.25, -0.2) is 4.79 Å². The minimum absolute atomic E-state index is 0.00337. The fourth-order valence-corrected chi connectivity index (χ4v) is 11.8. The molecule has 0 amide bonds. The Kier molecular flexibility index (Phi) is 7.71. The minimum atomic E-state index is -1.33. The van der Waals surface area contributed by atoms with Crippen molar-refractivity contribution in [3.05, 3.63) is 33.8 Å². The van der Waals surface area contributed by atoms with Crippen molar-refractivity contribution in [2.24, 2.45) is 50.2 Å². The second-order valence-electron chi connectivity index (χ2n) is 17.6. The van der Waals surface area contributed by atoms with Gasteiger partial charge in [0.25, 0.3) is 0 Å². The Labute approximate surface area is 282 Å². The van der Waals surface area contributed by atoms with Gasteiger partial charge in [0.2, 0.25) is 0 Å². The number of ketones is 1. The van der Waals surface area contributed by atoms with Crippen molar-refractivity contribution in [2.75, 3.05) is 0 Å². The molecule has 48 heavy (non-hydrogen) atoms. The van der Waals surface area contributed by atoms with Gasteiger partial charge in [-0.3, -0.25) is 19.2 Å². The van der Waals surface area contributed by atoms with Crippen LogP contribution in [0.15, 0.2) is 25.3 Å². The van der Waals surface area contributed by atoms with E-state index < -0.39 is 56.9 Å². The van der Waals surface area contributed by atoms with Crippen LogP contribution in [-0.2, 0) is 35.3 Å². The molecule has 10 nitrogen and oxygen atoms in total. The second kappa shape index (κ2) is 10.7. The predicted octanol–water partition coefficient (Wildman–Crippen LogP) is 6.95. The summed E-state index contributed by atoms with van der Waals surface area (Å²) in [6.07, 6.45) is 7.95. The molecule has 5 aliphatic rings. The Morgan fingerprint density at radius 3 is 2.19 bits per heavy atom. The summed E-state index contributed by atoms with van der Waals surface area (Å²) in [7, 11) is 0. The lowest BCUT2D eigenvalue weighted by Gasteiger charge is -2.71. The van der Waals surface area contributed by atoms with E-state index >= 15 is 0 Å². The standard InChI is InChI=1S/C38H52O10/c1-21-26(47-31(44)46-21)20-45-30(43)38(9)27-10-11-36(7)28(34(27,5)15-17-37(38,8)48-22(2)39)25(40)18-23-24-19-33(4,29(41)42)13-12-32(24,3)14-16-35(23,36)6/h18,24,27-28H,10-17,19-20H2,1-9H3,(H,41,42)/t24-,27+,28+,32+,33-,34-,35+,36+,37+,38+/m0/s1. The monoisotopic (exact) mass is 668 g/mol. The van der Waals surface area contributed by atoms with Crippen LogP contribution in [0.3, 0.4) is 0 Å². The minimum Gasteiger partial charge on any atom is -0.481 e. The second-order valence-corrected chi connectivity index (χ2v) is 17.6. The van der Waals surface area contributed by atoms with Gasteiger partial charge in [-0.15, -0.1) is 0 Å². The Hall–Kier alpha value is -3.17. The Morgan fingerprint density at radius 1 is 0.917 bits per heavy atom. The summed E-state index contributed by atoms with van der Waals surface area (Å²) in [6.45, 7) is 17.0. The number of carboxylic acid groups (broad SMARTS) is 1. The fourth-order valence-electron chi connectivity index (χ4n) is 11.8. The van der Waals surface area contributed by atoms with Crippen molar-refractivity contribution in [1.29, 1.82) is 0 Å². The van der Waals surface area contributed by atoms with Gasteiger partial charge in [-0.2, -0.15) is 0 Å². The van der Waals surface area contributed by atoms with Gasteiger partial charge in [-0.05, 0) is 125 Å². The average molecular weight is 669 g/mol. The molecule has 10 atom stereocenters. The molecule has 0 radical (unpaired) electrons. The zero-order valence-electron chi connectivity index (χ0n) is 30.0. The predicted molar refractivity (Wildman–Crippen MR) is 173 cm³/mol. The van der Waals surface area contributed by atoms with Gasteiger partial charge in [0.15, 0.2) is 23.9 Å². The molecule has 0 aliphatic heterocycles. The number of rotatable bonds is 5. The Balaban J connectivity index is 1.42. The molecule has 0 bridgehead atoms. The summed E-state index contributed by atoms with van der Waals surface area (Å²) in [4.78, 5) is 65.8. The van der Waals surface area contributed by atoms with E-state index in [2.05, 4.69) is 27.7 Å². The highest BCUT2D eigenvalue weighted by Gasteiger charge is 2.74. The summed E-state index contributed by atoms with van der Waals surface area (Å²) < 4.78 is 21.9. The molecular formula is C38H52O10. The normalized spacial score (nSPS) is 45.1. The molecule has 5 aliphatic carbocycles. The number of esters is 2. The third kappa shape index (κ3) is 4.52. The number of carbonyl (C=O) groups is 4. The molecule has 4 saturated carbocycles. The molecule has 0 spiro atoms. The number of aryl methyl sites for hydroxylation is 1. The summed E-state index contributed by atoms with van der Waals surface area (Å²) in [5.41, 5.74) is -3.71. The third-order valence-corrected chi connectivity index (χ3v) is 15.3. The maximum absolute atomic E-state index is 14.8. The molecule has 1 heterocycles. The first-order chi connectivity index (χ1) is 22.1. The smallest absolute Gasteiger partial charge is 0.481 e. The van der Waals surface area contributed by atoms with Gasteiger partial charge in [-0.1, -0.05) is 33.3 Å². The van der Waals surface area contributed by atoms with Crippen LogP contribution in [0.4, 0.5) is 0 Å². The molecule has 0 saturated heterocycles. The molecule has 0 unspecified atom stereocenters. The van der Waals surface area contributed by atoms with Crippen molar-refractivity contribution in [1.82, 2.24) is 0 Å². The van der Waals surface area contributed by atoms with Gasteiger partial charge < -0.3 is 23.4 Å². The van der Waals surface area contributed by atoms with Gasteiger partial charge >= 0.3 is 23.7 Å². The van der Waals surface area contributed by atoms with E-state index in [0.29, 0.717) is 38.5 Å². The quantitative estimate of drug-likeness (QED) is 0.327. The van der Waals surface area contributed by atoms with Gasteiger partial charge in [0, 0.05) is 12.8 Å². The molecule has 1 aromatic heterocycles. The first-order valence-corrected chi connectivity index (χ1v) is 17.6. The number of hydrogen-bond donors (Lipinski definition) is 1. The first-order valence-electron chi connectivity index (χ1n) is 17.6. The van der Waals surface area contributed by atoms with Crippen LogP contribution in [0.5, 0.6) is 0 Å². The van der Waals surface area contributed by atoms with Crippen molar-refractivity contribution < 1.29 is 42.6 Å². The number of aliphatic carboxylic acids is 1. The van der Waals surface area contributed by atoms with Crippen molar-refractivity contribution >= 4 is 23.7 Å². The molecule has 264 valence electrons. The number of allylic oxidation sites excluding steroid dienone is 2.